The summed E-state index contributed by atoms with van der Waals surface area (Å²) in [6.07, 6.45) is 70.8. The minimum atomic E-state index is -0.673. The highest BCUT2D eigenvalue weighted by Crippen LogP contribution is 2.18. The molecule has 3 N–H and O–H groups in total. The van der Waals surface area contributed by atoms with E-state index < -0.39 is 12.1 Å². The fourth-order valence-corrected chi connectivity index (χ4v) is 9.99. The molecule has 0 aromatic rings. The lowest BCUT2D eigenvalue weighted by molar-refractivity contribution is -0.143. The molecule has 6 heteroatoms. The third kappa shape index (κ3) is 55.8. The summed E-state index contributed by atoms with van der Waals surface area (Å²) in [7, 11) is 0. The third-order valence-electron chi connectivity index (χ3n) is 14.8. The van der Waals surface area contributed by atoms with E-state index in [9.17, 15) is 19.8 Å². The van der Waals surface area contributed by atoms with E-state index in [2.05, 4.69) is 31.3 Å². The number of rotatable bonds is 59. The minimum Gasteiger partial charge on any atom is -0.466 e. The molecular formula is C63H123NO5. The number of esters is 1. The average molecular weight is 975 g/mol. The first-order valence-electron chi connectivity index (χ1n) is 31.4. The summed E-state index contributed by atoms with van der Waals surface area (Å²) in [6, 6.07) is -0.552. The monoisotopic (exact) mass is 974 g/mol. The Labute approximate surface area is 431 Å². The van der Waals surface area contributed by atoms with Gasteiger partial charge in [0.25, 0.3) is 0 Å². The summed E-state index contributed by atoms with van der Waals surface area (Å²) in [4.78, 5) is 24.5. The van der Waals surface area contributed by atoms with Crippen molar-refractivity contribution in [3.05, 3.63) is 12.2 Å². The third-order valence-corrected chi connectivity index (χ3v) is 14.8. The molecule has 2 unspecified atom stereocenters. The van der Waals surface area contributed by atoms with Crippen LogP contribution in [0.15, 0.2) is 12.2 Å². The van der Waals surface area contributed by atoms with Crippen molar-refractivity contribution in [3.8, 4) is 0 Å². The summed E-state index contributed by atoms with van der Waals surface area (Å²) in [6.45, 7) is 4.97. The number of aliphatic hydroxyl groups excluding tert-OH is 2. The predicted octanol–water partition coefficient (Wildman–Crippen LogP) is 19.6. The van der Waals surface area contributed by atoms with Crippen molar-refractivity contribution in [2.45, 2.75) is 366 Å². The van der Waals surface area contributed by atoms with Crippen LogP contribution in [0.25, 0.3) is 0 Å². The Kier molecular flexibility index (Phi) is 58.0. The summed E-state index contributed by atoms with van der Waals surface area (Å²) in [5, 5.41) is 23.4. The van der Waals surface area contributed by atoms with Gasteiger partial charge < -0.3 is 20.3 Å². The van der Waals surface area contributed by atoms with E-state index >= 15 is 0 Å². The summed E-state index contributed by atoms with van der Waals surface area (Å²) in [5.41, 5.74) is 0. The molecule has 0 saturated heterocycles. The van der Waals surface area contributed by atoms with E-state index in [4.69, 9.17) is 4.74 Å². The molecule has 0 fully saturated rings. The molecule has 0 aromatic heterocycles. The highest BCUT2D eigenvalue weighted by molar-refractivity contribution is 5.76. The van der Waals surface area contributed by atoms with Crippen LogP contribution in [0.3, 0.4) is 0 Å². The minimum absolute atomic E-state index is 0.00463. The van der Waals surface area contributed by atoms with Crippen LogP contribution in [0.5, 0.6) is 0 Å². The summed E-state index contributed by atoms with van der Waals surface area (Å²) in [5.74, 6) is -0.0405. The van der Waals surface area contributed by atoms with Crippen molar-refractivity contribution in [2.24, 2.45) is 0 Å². The summed E-state index contributed by atoms with van der Waals surface area (Å²) >= 11 is 0. The second kappa shape index (κ2) is 59.2. The lowest BCUT2D eigenvalue weighted by Gasteiger charge is -2.22. The fraction of sp³-hybridized carbons (Fsp3) is 0.937. The zero-order chi connectivity index (χ0) is 50.0. The molecule has 410 valence electrons. The van der Waals surface area contributed by atoms with Gasteiger partial charge in [0.1, 0.15) is 0 Å². The Bertz CT molecular complexity index is 1030. The highest BCUT2D eigenvalue weighted by Gasteiger charge is 2.20. The molecule has 0 aliphatic rings. The van der Waals surface area contributed by atoms with Gasteiger partial charge in [-0.15, -0.1) is 0 Å². The number of hydrogen-bond acceptors (Lipinski definition) is 5. The molecule has 0 radical (unpaired) electrons. The molecule has 0 spiro atoms. The fourth-order valence-electron chi connectivity index (χ4n) is 9.99. The number of ether oxygens (including phenoxy) is 1. The molecule has 1 amide bonds. The number of unbranched alkanes of at least 4 members (excludes halogenated alkanes) is 46. The number of nitrogens with one attached hydrogen (secondary N) is 1. The Morgan fingerprint density at radius 3 is 1.03 bits per heavy atom. The van der Waals surface area contributed by atoms with Gasteiger partial charge in [-0.2, -0.15) is 0 Å². The zero-order valence-electron chi connectivity index (χ0n) is 46.8. The lowest BCUT2D eigenvalue weighted by Crippen LogP contribution is -2.45. The first kappa shape index (κ1) is 67.6. The molecule has 2 atom stereocenters. The number of amides is 1. The molecule has 6 nitrogen and oxygen atoms in total. The van der Waals surface area contributed by atoms with Crippen LogP contribution in [0.2, 0.25) is 0 Å². The molecule has 69 heavy (non-hydrogen) atoms. The van der Waals surface area contributed by atoms with Crippen LogP contribution in [0.1, 0.15) is 354 Å². The maximum Gasteiger partial charge on any atom is 0.305 e. The van der Waals surface area contributed by atoms with Crippen molar-refractivity contribution in [3.63, 3.8) is 0 Å². The van der Waals surface area contributed by atoms with Crippen LogP contribution in [-0.4, -0.2) is 47.4 Å². The Morgan fingerprint density at radius 2 is 0.681 bits per heavy atom. The lowest BCUT2D eigenvalue weighted by atomic mass is 10.0. The van der Waals surface area contributed by atoms with E-state index in [0.717, 1.165) is 57.8 Å². The predicted molar refractivity (Wildman–Crippen MR) is 301 cm³/mol. The van der Waals surface area contributed by atoms with Crippen LogP contribution < -0.4 is 5.32 Å². The van der Waals surface area contributed by atoms with Crippen molar-refractivity contribution >= 4 is 11.9 Å². The number of carbonyl (C=O) groups is 2. The normalized spacial score (nSPS) is 12.6. The van der Waals surface area contributed by atoms with Gasteiger partial charge in [0.15, 0.2) is 0 Å². The van der Waals surface area contributed by atoms with Gasteiger partial charge in [-0.25, -0.2) is 0 Å². The van der Waals surface area contributed by atoms with Gasteiger partial charge >= 0.3 is 5.97 Å². The number of hydrogen-bond donors (Lipinski definition) is 3. The van der Waals surface area contributed by atoms with E-state index in [-0.39, 0.29) is 18.5 Å². The largest absolute Gasteiger partial charge is 0.466 e. The molecule has 0 rings (SSSR count). The van der Waals surface area contributed by atoms with Crippen molar-refractivity contribution in [1.82, 2.24) is 5.32 Å². The van der Waals surface area contributed by atoms with E-state index in [1.807, 2.05) is 0 Å². The zero-order valence-corrected chi connectivity index (χ0v) is 46.8. The first-order valence-corrected chi connectivity index (χ1v) is 31.4. The Balaban J connectivity index is 3.44. The van der Waals surface area contributed by atoms with Crippen LogP contribution in [-0.2, 0) is 14.3 Å². The molecule has 0 aliphatic carbocycles. The quantitative estimate of drug-likeness (QED) is 0.0321. The standard InChI is InChI=1S/C63H123NO5/c1-3-5-7-9-11-13-15-17-18-19-20-21-22-23-26-29-32-35-39-43-47-51-55-61(66)60(59-65)64-62(67)56-52-48-44-40-36-33-30-27-24-25-28-31-34-38-42-46-50-54-58-69-63(68)57-53-49-45-41-37-16-14-12-10-8-6-4-2/h27,30,60-61,65-66H,3-26,28-29,31-59H2,1-2H3,(H,64,67)/b30-27-. The summed E-state index contributed by atoms with van der Waals surface area (Å²) < 4.78 is 5.47. The van der Waals surface area contributed by atoms with Gasteiger partial charge in [0.05, 0.1) is 25.4 Å². The molecule has 0 heterocycles. The first-order chi connectivity index (χ1) is 34.0. The number of carbonyl (C=O) groups excluding carboxylic acids is 2. The van der Waals surface area contributed by atoms with E-state index in [1.165, 1.54) is 263 Å². The Hall–Kier alpha value is -1.40. The van der Waals surface area contributed by atoms with Crippen LogP contribution >= 0.6 is 0 Å². The molecular weight excluding hydrogens is 851 g/mol. The molecule has 0 aliphatic heterocycles. The average Bonchev–Trinajstić information content (AvgIpc) is 3.35. The molecule has 0 aromatic carbocycles. The van der Waals surface area contributed by atoms with Crippen molar-refractivity contribution < 1.29 is 24.5 Å². The highest BCUT2D eigenvalue weighted by atomic mass is 16.5. The maximum atomic E-state index is 12.5. The van der Waals surface area contributed by atoms with E-state index in [0.29, 0.717) is 25.9 Å². The second-order valence-electron chi connectivity index (χ2n) is 21.7. The molecule has 0 saturated carbocycles. The van der Waals surface area contributed by atoms with E-state index in [1.54, 1.807) is 0 Å². The van der Waals surface area contributed by atoms with Gasteiger partial charge in [-0.05, 0) is 51.4 Å². The number of aliphatic hydroxyl groups is 2. The SMILES string of the molecule is CCCCCCCCCCCCCCCCCCCCCCCCC(O)C(CO)NC(=O)CCCCCCC/C=C\CCCCCCCCCCCOC(=O)CCCCCCCCCCCCCC. The topological polar surface area (TPSA) is 95.9 Å². The Morgan fingerprint density at radius 1 is 0.391 bits per heavy atom. The smallest absolute Gasteiger partial charge is 0.305 e. The maximum absolute atomic E-state index is 12.5. The van der Waals surface area contributed by atoms with Gasteiger partial charge in [-0.3, -0.25) is 9.59 Å². The van der Waals surface area contributed by atoms with Gasteiger partial charge in [0, 0.05) is 12.8 Å². The molecule has 0 bridgehead atoms. The van der Waals surface area contributed by atoms with Crippen LogP contribution in [0, 0.1) is 0 Å². The number of allylic oxidation sites excluding steroid dienone is 2. The van der Waals surface area contributed by atoms with Gasteiger partial charge in [0.2, 0.25) is 5.91 Å². The van der Waals surface area contributed by atoms with Crippen molar-refractivity contribution in [2.75, 3.05) is 13.2 Å². The van der Waals surface area contributed by atoms with Crippen LogP contribution in [0.4, 0.5) is 0 Å². The van der Waals surface area contributed by atoms with Gasteiger partial charge in [-0.1, -0.05) is 302 Å². The van der Waals surface area contributed by atoms with Crippen molar-refractivity contribution in [1.29, 1.82) is 0 Å². The second-order valence-corrected chi connectivity index (χ2v) is 21.7.